The zero-order chi connectivity index (χ0) is 14.6. The minimum Gasteiger partial charge on any atom is -0.480 e. The van der Waals surface area contributed by atoms with Gasteiger partial charge in [-0.3, -0.25) is 0 Å². The monoisotopic (exact) mass is 334 g/mol. The highest BCUT2D eigenvalue weighted by atomic mass is 79.9. The maximum atomic E-state index is 13.2. The summed E-state index contributed by atoms with van der Waals surface area (Å²) in [4.78, 5) is 22.3. The Labute approximate surface area is 116 Å². The van der Waals surface area contributed by atoms with Gasteiger partial charge in [-0.15, -0.1) is 0 Å². The average molecular weight is 335 g/mol. The Kier molecular flexibility index (Phi) is 5.25. The van der Waals surface area contributed by atoms with Crippen LogP contribution < -0.4 is 10.6 Å². The molecule has 2 amide bonds. The summed E-state index contributed by atoms with van der Waals surface area (Å²) in [7, 11) is 0. The number of anilines is 1. The second kappa shape index (κ2) is 6.48. The maximum Gasteiger partial charge on any atom is 0.328 e. The lowest BCUT2D eigenvalue weighted by Gasteiger charge is -2.17. The lowest BCUT2D eigenvalue weighted by Crippen LogP contribution is -2.49. The quantitative estimate of drug-likeness (QED) is 0.671. The van der Waals surface area contributed by atoms with Crippen LogP contribution in [0.25, 0.3) is 0 Å². The number of aliphatic carboxylic acids is 1. The third-order valence-corrected chi connectivity index (χ3v) is 2.86. The Morgan fingerprint density at radius 2 is 2.05 bits per heavy atom. The molecule has 4 N–H and O–H groups in total. The molecule has 19 heavy (non-hydrogen) atoms. The number of nitrogens with one attached hydrogen (secondary N) is 2. The molecule has 1 rings (SSSR count). The predicted molar refractivity (Wildman–Crippen MR) is 69.4 cm³/mol. The van der Waals surface area contributed by atoms with Gasteiger partial charge in [0.25, 0.3) is 0 Å². The summed E-state index contributed by atoms with van der Waals surface area (Å²) in [5, 5.41) is 22.3. The molecule has 0 aliphatic rings. The summed E-state index contributed by atoms with van der Waals surface area (Å²) >= 11 is 2.96. The molecule has 0 saturated carbocycles. The predicted octanol–water partition coefficient (Wildman–Crippen LogP) is 1.54. The molecule has 104 valence electrons. The van der Waals surface area contributed by atoms with Crippen molar-refractivity contribution in [3.8, 4) is 0 Å². The smallest absolute Gasteiger partial charge is 0.328 e. The first kappa shape index (κ1) is 15.4. The van der Waals surface area contributed by atoms with Gasteiger partial charge in [-0.2, -0.15) is 0 Å². The maximum absolute atomic E-state index is 13.2. The van der Waals surface area contributed by atoms with Gasteiger partial charge in [-0.05, 0) is 41.1 Å². The first-order valence-corrected chi connectivity index (χ1v) is 6.04. The number of hydrogen-bond donors (Lipinski definition) is 4. The van der Waals surface area contributed by atoms with E-state index in [1.807, 2.05) is 0 Å². The van der Waals surface area contributed by atoms with Crippen LogP contribution in [0.2, 0.25) is 0 Å². The summed E-state index contributed by atoms with van der Waals surface area (Å²) in [5.74, 6) is -1.93. The van der Waals surface area contributed by atoms with E-state index in [0.717, 1.165) is 6.07 Å². The summed E-state index contributed by atoms with van der Waals surface area (Å²) in [5.41, 5.74) is 0.160. The molecule has 1 aromatic carbocycles. The molecular formula is C11H12BrFN2O4. The number of halogens is 2. The molecule has 0 aromatic heterocycles. The van der Waals surface area contributed by atoms with Crippen LogP contribution in [-0.2, 0) is 4.79 Å². The van der Waals surface area contributed by atoms with E-state index in [0.29, 0.717) is 0 Å². The van der Waals surface area contributed by atoms with E-state index < -0.39 is 30.0 Å². The van der Waals surface area contributed by atoms with Gasteiger partial charge < -0.3 is 20.8 Å². The number of carbonyl (C=O) groups excluding carboxylic acids is 1. The molecule has 0 spiro atoms. The Morgan fingerprint density at radius 1 is 1.42 bits per heavy atom. The van der Waals surface area contributed by atoms with Gasteiger partial charge in [-0.1, -0.05) is 0 Å². The van der Waals surface area contributed by atoms with Crippen molar-refractivity contribution < 1.29 is 24.2 Å². The number of hydrogen-bond acceptors (Lipinski definition) is 3. The van der Waals surface area contributed by atoms with Crippen LogP contribution in [0.3, 0.4) is 0 Å². The van der Waals surface area contributed by atoms with E-state index in [4.69, 9.17) is 5.11 Å². The van der Waals surface area contributed by atoms with Gasteiger partial charge in [0.2, 0.25) is 0 Å². The van der Waals surface area contributed by atoms with Crippen LogP contribution in [0.5, 0.6) is 0 Å². The minimum absolute atomic E-state index is 0.160. The second-order valence-corrected chi connectivity index (χ2v) is 4.64. The normalized spacial score (nSPS) is 13.5. The average Bonchev–Trinajstić information content (AvgIpc) is 2.30. The van der Waals surface area contributed by atoms with Gasteiger partial charge >= 0.3 is 12.0 Å². The number of carboxylic acids is 1. The van der Waals surface area contributed by atoms with Crippen molar-refractivity contribution in [2.24, 2.45) is 0 Å². The molecule has 8 heteroatoms. The topological polar surface area (TPSA) is 98.7 Å². The molecule has 0 bridgehead atoms. The van der Waals surface area contributed by atoms with Crippen LogP contribution in [0.15, 0.2) is 22.7 Å². The fourth-order valence-corrected chi connectivity index (χ4v) is 1.52. The highest BCUT2D eigenvalue weighted by molar-refractivity contribution is 9.10. The highest BCUT2D eigenvalue weighted by Crippen LogP contribution is 2.19. The molecule has 1 aromatic rings. The molecule has 0 aliphatic carbocycles. The molecule has 2 atom stereocenters. The molecule has 0 fully saturated rings. The third kappa shape index (κ3) is 4.49. The zero-order valence-corrected chi connectivity index (χ0v) is 11.4. The number of carbonyl (C=O) groups is 2. The van der Waals surface area contributed by atoms with Crippen molar-refractivity contribution in [1.29, 1.82) is 0 Å². The molecule has 0 aliphatic heterocycles. The molecular weight excluding hydrogens is 323 g/mol. The van der Waals surface area contributed by atoms with Gasteiger partial charge in [0, 0.05) is 5.69 Å². The van der Waals surface area contributed by atoms with Crippen LogP contribution in [0.1, 0.15) is 6.92 Å². The largest absolute Gasteiger partial charge is 0.480 e. The Bertz CT molecular complexity index is 496. The Balaban J connectivity index is 2.69. The van der Waals surface area contributed by atoms with Crippen LogP contribution >= 0.6 is 15.9 Å². The summed E-state index contributed by atoms with van der Waals surface area (Å²) in [6, 6.07) is 1.61. The second-order valence-electron chi connectivity index (χ2n) is 3.78. The highest BCUT2D eigenvalue weighted by Gasteiger charge is 2.24. The van der Waals surface area contributed by atoms with Crippen LogP contribution in [0.4, 0.5) is 14.9 Å². The Hall–Kier alpha value is -1.67. The van der Waals surface area contributed by atoms with Crippen molar-refractivity contribution in [3.63, 3.8) is 0 Å². The van der Waals surface area contributed by atoms with Gasteiger partial charge in [0.15, 0.2) is 6.04 Å². The first-order valence-electron chi connectivity index (χ1n) is 5.24. The first-order chi connectivity index (χ1) is 8.81. The summed E-state index contributed by atoms with van der Waals surface area (Å²) in [6.07, 6.45) is -1.26. The van der Waals surface area contributed by atoms with Crippen molar-refractivity contribution in [2.45, 2.75) is 19.1 Å². The van der Waals surface area contributed by atoms with Crippen LogP contribution in [-0.4, -0.2) is 34.4 Å². The lowest BCUT2D eigenvalue weighted by molar-refractivity contribution is -0.141. The lowest BCUT2D eigenvalue weighted by atomic mass is 10.2. The summed E-state index contributed by atoms with van der Waals surface area (Å²) < 4.78 is 13.4. The molecule has 2 unspecified atom stereocenters. The third-order valence-electron chi connectivity index (χ3n) is 2.21. The van der Waals surface area contributed by atoms with E-state index >= 15 is 0 Å². The zero-order valence-electron chi connectivity index (χ0n) is 9.85. The van der Waals surface area contributed by atoms with E-state index in [9.17, 15) is 19.1 Å². The van der Waals surface area contributed by atoms with Crippen molar-refractivity contribution in [1.82, 2.24) is 5.32 Å². The van der Waals surface area contributed by atoms with E-state index in [1.165, 1.54) is 19.1 Å². The van der Waals surface area contributed by atoms with Gasteiger partial charge in [-0.25, -0.2) is 14.0 Å². The number of amides is 2. The SMILES string of the molecule is CC(O)C(NC(=O)Nc1ccc(Br)c(F)c1)C(=O)O. The number of urea groups is 1. The number of aliphatic hydroxyl groups is 1. The molecule has 0 radical (unpaired) electrons. The standard InChI is InChI=1S/C11H12BrFN2O4/c1-5(16)9(10(17)18)15-11(19)14-6-2-3-7(12)8(13)4-6/h2-5,9,16H,1H3,(H,17,18)(H2,14,15,19). The van der Waals surface area contributed by atoms with Crippen molar-refractivity contribution in [3.05, 3.63) is 28.5 Å². The van der Waals surface area contributed by atoms with E-state index in [1.54, 1.807) is 0 Å². The Morgan fingerprint density at radius 3 is 2.53 bits per heavy atom. The fraction of sp³-hybridized carbons (Fsp3) is 0.273. The molecule has 0 heterocycles. The minimum atomic E-state index is -1.44. The van der Waals surface area contributed by atoms with E-state index in [2.05, 4.69) is 26.6 Å². The number of benzene rings is 1. The number of rotatable bonds is 4. The van der Waals surface area contributed by atoms with Crippen LogP contribution in [0, 0.1) is 5.82 Å². The van der Waals surface area contributed by atoms with Crippen molar-refractivity contribution in [2.75, 3.05) is 5.32 Å². The number of carboxylic acid groups (broad SMARTS) is 1. The van der Waals surface area contributed by atoms with E-state index in [-0.39, 0.29) is 10.2 Å². The fourth-order valence-electron chi connectivity index (χ4n) is 1.27. The molecule has 6 nitrogen and oxygen atoms in total. The number of aliphatic hydroxyl groups excluding tert-OH is 1. The molecule has 0 saturated heterocycles. The van der Waals surface area contributed by atoms with Crippen molar-refractivity contribution >= 4 is 33.6 Å². The summed E-state index contributed by atoms with van der Waals surface area (Å²) in [6.45, 7) is 1.23. The van der Waals surface area contributed by atoms with Gasteiger partial charge in [0.1, 0.15) is 5.82 Å². The van der Waals surface area contributed by atoms with Gasteiger partial charge in [0.05, 0.1) is 10.6 Å².